The van der Waals surface area contributed by atoms with E-state index in [-0.39, 0.29) is 36.5 Å². The lowest BCUT2D eigenvalue weighted by Crippen LogP contribution is -2.53. The molecule has 1 N–H and O–H groups in total. The second-order valence-corrected chi connectivity index (χ2v) is 4.96. The number of carbonyl (C=O) groups excluding carboxylic acids is 2. The molecule has 0 radical (unpaired) electrons. The number of amides is 2. The Balaban J connectivity index is 2.04. The summed E-state index contributed by atoms with van der Waals surface area (Å²) in [5, 5.41) is 10.3. The molecular formula is C11H13N3O4S. The molecule has 102 valence electrons. The SMILES string of the molecule is CCN1CC(=O)N(Cc2csc(C(=O)O)n2)CC1=O. The smallest absolute Gasteiger partial charge is 0.365 e. The molecule has 0 aliphatic carbocycles. The summed E-state index contributed by atoms with van der Waals surface area (Å²) in [5.74, 6) is -1.34. The number of likely N-dealkylation sites (N-methyl/N-ethyl adjacent to an activating group) is 1. The monoisotopic (exact) mass is 283 g/mol. The van der Waals surface area contributed by atoms with E-state index in [1.165, 1.54) is 9.80 Å². The molecule has 8 heteroatoms. The Morgan fingerprint density at radius 2 is 2.00 bits per heavy atom. The minimum Gasteiger partial charge on any atom is -0.476 e. The quantitative estimate of drug-likeness (QED) is 0.842. The van der Waals surface area contributed by atoms with Crippen molar-refractivity contribution in [3.05, 3.63) is 16.1 Å². The molecule has 0 saturated carbocycles. The van der Waals surface area contributed by atoms with Gasteiger partial charge in [-0.15, -0.1) is 11.3 Å². The summed E-state index contributed by atoms with van der Waals surface area (Å²) in [6.45, 7) is 2.60. The van der Waals surface area contributed by atoms with Crippen LogP contribution in [0.1, 0.15) is 22.4 Å². The van der Waals surface area contributed by atoms with Gasteiger partial charge in [0.1, 0.15) is 6.54 Å². The van der Waals surface area contributed by atoms with E-state index in [1.807, 2.05) is 6.92 Å². The van der Waals surface area contributed by atoms with Crippen LogP contribution in [-0.4, -0.2) is 57.3 Å². The molecule has 2 heterocycles. The van der Waals surface area contributed by atoms with E-state index in [0.717, 1.165) is 11.3 Å². The number of rotatable bonds is 4. The number of aromatic nitrogens is 1. The van der Waals surface area contributed by atoms with Gasteiger partial charge in [0.2, 0.25) is 16.8 Å². The molecular weight excluding hydrogens is 270 g/mol. The molecule has 0 spiro atoms. The van der Waals surface area contributed by atoms with Crippen LogP contribution in [-0.2, 0) is 16.1 Å². The van der Waals surface area contributed by atoms with Gasteiger partial charge in [-0.25, -0.2) is 9.78 Å². The molecule has 1 aliphatic rings. The maximum absolute atomic E-state index is 11.8. The Labute approximate surface area is 113 Å². The van der Waals surface area contributed by atoms with E-state index in [1.54, 1.807) is 5.38 Å². The van der Waals surface area contributed by atoms with Crippen LogP contribution in [0.4, 0.5) is 0 Å². The molecule has 1 aromatic heterocycles. The number of hydrogen-bond donors (Lipinski definition) is 1. The third-order valence-electron chi connectivity index (χ3n) is 2.83. The van der Waals surface area contributed by atoms with Crippen molar-refractivity contribution in [2.75, 3.05) is 19.6 Å². The molecule has 0 atom stereocenters. The highest BCUT2D eigenvalue weighted by Crippen LogP contribution is 2.14. The molecule has 0 bridgehead atoms. The Bertz CT molecular complexity index is 528. The van der Waals surface area contributed by atoms with Gasteiger partial charge in [-0.2, -0.15) is 0 Å². The summed E-state index contributed by atoms with van der Waals surface area (Å²) in [4.78, 5) is 41.1. The fourth-order valence-corrected chi connectivity index (χ4v) is 2.45. The molecule has 2 rings (SSSR count). The van der Waals surface area contributed by atoms with Crippen LogP contribution in [0.15, 0.2) is 5.38 Å². The summed E-state index contributed by atoms with van der Waals surface area (Å²) in [6, 6.07) is 0. The first-order chi connectivity index (χ1) is 9.01. The van der Waals surface area contributed by atoms with Gasteiger partial charge in [-0.3, -0.25) is 9.59 Å². The first-order valence-electron chi connectivity index (χ1n) is 5.74. The van der Waals surface area contributed by atoms with Gasteiger partial charge in [0, 0.05) is 11.9 Å². The molecule has 0 unspecified atom stereocenters. The van der Waals surface area contributed by atoms with Gasteiger partial charge in [0.05, 0.1) is 18.8 Å². The van der Waals surface area contributed by atoms with Gasteiger partial charge < -0.3 is 14.9 Å². The number of aromatic carboxylic acids is 1. The van der Waals surface area contributed by atoms with E-state index < -0.39 is 5.97 Å². The number of hydrogen-bond acceptors (Lipinski definition) is 5. The first kappa shape index (κ1) is 13.5. The maximum Gasteiger partial charge on any atom is 0.365 e. The maximum atomic E-state index is 11.8. The molecule has 7 nitrogen and oxygen atoms in total. The van der Waals surface area contributed by atoms with Crippen molar-refractivity contribution in [1.29, 1.82) is 0 Å². The van der Waals surface area contributed by atoms with Crippen LogP contribution in [0.5, 0.6) is 0 Å². The Morgan fingerprint density at radius 3 is 2.58 bits per heavy atom. The normalized spacial score (nSPS) is 16.1. The average molecular weight is 283 g/mol. The van der Waals surface area contributed by atoms with Crippen molar-refractivity contribution in [1.82, 2.24) is 14.8 Å². The fourth-order valence-electron chi connectivity index (χ4n) is 1.81. The van der Waals surface area contributed by atoms with Gasteiger partial charge in [-0.05, 0) is 6.92 Å². The second kappa shape index (κ2) is 5.35. The van der Waals surface area contributed by atoms with E-state index >= 15 is 0 Å². The zero-order valence-corrected chi connectivity index (χ0v) is 11.1. The summed E-state index contributed by atoms with van der Waals surface area (Å²) in [5.41, 5.74) is 0.494. The lowest BCUT2D eigenvalue weighted by atomic mass is 10.2. The predicted octanol–water partition coefficient (Wildman–Crippen LogP) is 0.0320. The number of nitrogens with zero attached hydrogens (tertiary/aromatic N) is 3. The molecule has 1 fully saturated rings. The number of thiazole rings is 1. The summed E-state index contributed by atoms with van der Waals surface area (Å²) < 4.78 is 0. The van der Waals surface area contributed by atoms with E-state index in [0.29, 0.717) is 12.2 Å². The molecule has 1 aromatic rings. The molecule has 1 aliphatic heterocycles. The van der Waals surface area contributed by atoms with Crippen molar-refractivity contribution in [3.63, 3.8) is 0 Å². The highest BCUT2D eigenvalue weighted by Gasteiger charge is 2.29. The third-order valence-corrected chi connectivity index (χ3v) is 3.71. The third kappa shape index (κ3) is 2.90. The average Bonchev–Trinajstić information content (AvgIpc) is 2.82. The highest BCUT2D eigenvalue weighted by molar-refractivity contribution is 7.11. The van der Waals surface area contributed by atoms with Crippen molar-refractivity contribution in [2.45, 2.75) is 13.5 Å². The Morgan fingerprint density at radius 1 is 1.37 bits per heavy atom. The Kier molecular flexibility index (Phi) is 3.79. The zero-order chi connectivity index (χ0) is 14.0. The van der Waals surface area contributed by atoms with Crippen LogP contribution in [0, 0.1) is 0 Å². The van der Waals surface area contributed by atoms with E-state index in [2.05, 4.69) is 4.98 Å². The number of carbonyl (C=O) groups is 3. The molecule has 19 heavy (non-hydrogen) atoms. The summed E-state index contributed by atoms with van der Waals surface area (Å²) >= 11 is 1.01. The van der Waals surface area contributed by atoms with Gasteiger partial charge in [0.25, 0.3) is 0 Å². The number of piperazine rings is 1. The van der Waals surface area contributed by atoms with E-state index in [4.69, 9.17) is 5.11 Å². The first-order valence-corrected chi connectivity index (χ1v) is 6.62. The topological polar surface area (TPSA) is 90.8 Å². The summed E-state index contributed by atoms with van der Waals surface area (Å²) in [7, 11) is 0. The van der Waals surface area contributed by atoms with Crippen LogP contribution in [0.3, 0.4) is 0 Å². The standard InChI is InChI=1S/C11H13N3O4S/c1-2-13-4-9(16)14(5-8(13)15)3-7-6-19-10(12-7)11(17)18/h6H,2-5H2,1H3,(H,17,18). The fraction of sp³-hybridized carbons (Fsp3) is 0.455. The zero-order valence-electron chi connectivity index (χ0n) is 10.3. The van der Waals surface area contributed by atoms with Gasteiger partial charge >= 0.3 is 5.97 Å². The molecule has 2 amide bonds. The van der Waals surface area contributed by atoms with Crippen molar-refractivity contribution < 1.29 is 19.5 Å². The number of carboxylic acids is 1. The number of carboxylic acid groups (broad SMARTS) is 1. The van der Waals surface area contributed by atoms with Crippen molar-refractivity contribution in [2.24, 2.45) is 0 Å². The minimum absolute atomic E-state index is 0.0130. The van der Waals surface area contributed by atoms with Crippen LogP contribution in [0.25, 0.3) is 0 Å². The van der Waals surface area contributed by atoms with Crippen molar-refractivity contribution >= 4 is 29.1 Å². The lowest BCUT2D eigenvalue weighted by molar-refractivity contribution is -0.150. The predicted molar refractivity (Wildman–Crippen MR) is 66.7 cm³/mol. The minimum atomic E-state index is -1.09. The highest BCUT2D eigenvalue weighted by atomic mass is 32.1. The van der Waals surface area contributed by atoms with Crippen LogP contribution in [0.2, 0.25) is 0 Å². The second-order valence-electron chi connectivity index (χ2n) is 4.11. The molecule has 1 saturated heterocycles. The van der Waals surface area contributed by atoms with Crippen LogP contribution >= 0.6 is 11.3 Å². The largest absolute Gasteiger partial charge is 0.476 e. The van der Waals surface area contributed by atoms with Gasteiger partial charge in [-0.1, -0.05) is 0 Å². The molecule has 0 aromatic carbocycles. The van der Waals surface area contributed by atoms with Gasteiger partial charge in [0.15, 0.2) is 0 Å². The van der Waals surface area contributed by atoms with Crippen LogP contribution < -0.4 is 0 Å². The Hall–Kier alpha value is -1.96. The van der Waals surface area contributed by atoms with E-state index in [9.17, 15) is 14.4 Å². The summed E-state index contributed by atoms with van der Waals surface area (Å²) in [6.07, 6.45) is 0. The van der Waals surface area contributed by atoms with Crippen molar-refractivity contribution in [3.8, 4) is 0 Å². The lowest BCUT2D eigenvalue weighted by Gasteiger charge is -2.32.